The number of benzene rings is 1. The third-order valence-corrected chi connectivity index (χ3v) is 16.2. The number of rotatable bonds is 24. The van der Waals surface area contributed by atoms with Crippen molar-refractivity contribution in [1.82, 2.24) is 36.4 Å². The van der Waals surface area contributed by atoms with Crippen LogP contribution in [0.25, 0.3) is 0 Å². The van der Waals surface area contributed by atoms with Gasteiger partial charge in [-0.05, 0) is 68.7 Å². The van der Waals surface area contributed by atoms with E-state index in [1.807, 2.05) is 0 Å². The fraction of sp³-hybridized carbons (Fsp3) is 0.755. The van der Waals surface area contributed by atoms with E-state index < -0.39 is 146 Å². The molecule has 3 aliphatic heterocycles. The van der Waals surface area contributed by atoms with Crippen LogP contribution in [0.4, 0.5) is 0 Å². The lowest BCUT2D eigenvalue weighted by Gasteiger charge is -2.35. The molecule has 0 bridgehead atoms. The summed E-state index contributed by atoms with van der Waals surface area (Å²) in [7, 11) is 0. The molecule has 0 aromatic heterocycles. The molecule has 0 radical (unpaired) electrons. The molecule has 24 nitrogen and oxygen atoms in total. The molecule has 442 valence electrons. The summed E-state index contributed by atoms with van der Waals surface area (Å²) in [5.74, 6) is -5.96. The van der Waals surface area contributed by atoms with Crippen molar-refractivity contribution in [2.24, 2.45) is 23.3 Å². The van der Waals surface area contributed by atoms with Crippen molar-refractivity contribution in [3.05, 3.63) is 29.8 Å². The lowest BCUT2D eigenvalue weighted by molar-refractivity contribution is -0.148. The Balaban J connectivity index is 1.74. The number of carbonyl (C=O) groups excluding carboxylic acids is 7. The van der Waals surface area contributed by atoms with Crippen LogP contribution in [0.15, 0.2) is 24.3 Å². The number of nitrogens with one attached hydrogen (secondary N) is 5. The van der Waals surface area contributed by atoms with Gasteiger partial charge in [0.25, 0.3) is 0 Å². The molecule has 78 heavy (non-hydrogen) atoms. The van der Waals surface area contributed by atoms with Gasteiger partial charge in [-0.15, -0.1) is 0 Å². The van der Waals surface area contributed by atoms with E-state index in [1.54, 1.807) is 0 Å². The van der Waals surface area contributed by atoms with E-state index in [0.29, 0.717) is 24.0 Å². The fourth-order valence-corrected chi connectivity index (χ4v) is 11.2. The lowest BCUT2D eigenvalue weighted by atomic mass is 9.91. The normalized spacial score (nSPS) is 28.4. The average Bonchev–Trinajstić information content (AvgIpc) is 3.99. The third kappa shape index (κ3) is 19.2. The quantitative estimate of drug-likeness (QED) is 0.0492. The number of aliphatic hydroxyl groups is 7. The van der Waals surface area contributed by atoms with Crippen LogP contribution >= 0.6 is 11.8 Å². The van der Waals surface area contributed by atoms with Crippen LogP contribution in [0.1, 0.15) is 129 Å². The Hall–Kier alpha value is -4.70. The summed E-state index contributed by atoms with van der Waals surface area (Å²) in [5.41, 5.74) is 11.5. The zero-order chi connectivity index (χ0) is 57.8. The molecule has 0 saturated carbocycles. The highest BCUT2D eigenvalue weighted by Gasteiger charge is 2.49. The third-order valence-electron chi connectivity index (χ3n) is 15.1. The second-order valence-electron chi connectivity index (χ2n) is 21.5. The van der Waals surface area contributed by atoms with Crippen LogP contribution < -0.4 is 38.1 Å². The van der Waals surface area contributed by atoms with Gasteiger partial charge in [-0.2, -0.15) is 11.8 Å². The predicted molar refractivity (Wildman–Crippen MR) is 290 cm³/mol. The van der Waals surface area contributed by atoms with Gasteiger partial charge in [-0.25, -0.2) is 0 Å². The molecular weight excluding hydrogens is 1030 g/mol. The van der Waals surface area contributed by atoms with Gasteiger partial charge in [0.1, 0.15) is 54.2 Å². The van der Waals surface area contributed by atoms with E-state index in [2.05, 4.69) is 47.4 Å². The number of phenols is 1. The first kappa shape index (κ1) is 65.8. The number of amides is 7. The molecule has 1 aromatic rings. The summed E-state index contributed by atoms with van der Waals surface area (Å²) < 4.78 is 0. The van der Waals surface area contributed by atoms with Gasteiger partial charge in [-0.1, -0.05) is 77.8 Å². The topological polar surface area (TPSA) is 400 Å². The van der Waals surface area contributed by atoms with Crippen LogP contribution in [0.5, 0.6) is 5.75 Å². The Morgan fingerprint density at radius 1 is 0.731 bits per heavy atom. The monoisotopic (exact) mass is 1120 g/mol. The molecule has 7 amide bonds. The second kappa shape index (κ2) is 32.5. The molecule has 0 spiro atoms. The molecule has 17 N–H and O–H groups in total. The van der Waals surface area contributed by atoms with Crippen molar-refractivity contribution in [2.45, 2.75) is 203 Å². The summed E-state index contributed by atoms with van der Waals surface area (Å²) in [6.07, 6.45) is -5.12. The van der Waals surface area contributed by atoms with Crippen LogP contribution in [-0.2, 0) is 33.6 Å². The van der Waals surface area contributed by atoms with E-state index >= 15 is 0 Å². The Bertz CT molecular complexity index is 2100. The molecule has 3 fully saturated rings. The molecule has 3 heterocycles. The number of hydrogen-bond acceptors (Lipinski definition) is 18. The first-order valence-electron chi connectivity index (χ1n) is 27.7. The molecule has 4 rings (SSSR count). The molecule has 1 aromatic carbocycles. The molecule has 25 heteroatoms. The van der Waals surface area contributed by atoms with Crippen molar-refractivity contribution in [2.75, 3.05) is 37.7 Å². The van der Waals surface area contributed by atoms with E-state index in [0.717, 1.165) is 54.7 Å². The molecule has 16 atom stereocenters. The average molecular weight is 1120 g/mol. The predicted octanol–water partition coefficient (Wildman–Crippen LogP) is -2.13. The number of aromatic hydroxyl groups is 1. The second-order valence-corrected chi connectivity index (χ2v) is 22.7. The van der Waals surface area contributed by atoms with Gasteiger partial charge in [0, 0.05) is 50.4 Å². The van der Waals surface area contributed by atoms with E-state index in [1.165, 1.54) is 49.4 Å². The number of fused-ring (bicyclic) bond motifs is 2. The maximum Gasteiger partial charge on any atom is 0.248 e. The smallest absolute Gasteiger partial charge is 0.248 e. The van der Waals surface area contributed by atoms with Crippen molar-refractivity contribution in [3.63, 3.8) is 0 Å². The lowest BCUT2D eigenvalue weighted by Crippen LogP contribution is -2.64. The molecule has 16 unspecified atom stereocenters. The maximum atomic E-state index is 14.6. The SMILES string of the molecule is CCC(C)CC(C)CCCCCCCCC(=O)NC1CC(O)C(CSCCN)NC(=O)C2C(O)CCN2C(=O)C(C(O)CCN)NC(=O)C(C(O)C(O)c2ccc(O)cc2)NC(=O)C2CC(O)CN2C(=O)C(C(C)O)NC1=O. The molecule has 3 aliphatic rings. The van der Waals surface area contributed by atoms with E-state index in [9.17, 15) is 74.4 Å². The first-order valence-corrected chi connectivity index (χ1v) is 28.8. The maximum absolute atomic E-state index is 14.6. The minimum atomic E-state index is -2.27. The van der Waals surface area contributed by atoms with Crippen LogP contribution in [0.3, 0.4) is 0 Å². The number of nitrogens with zero attached hydrogens (tertiary/aromatic N) is 2. The number of phenolic OH excluding ortho intramolecular Hbond substituents is 1. The summed E-state index contributed by atoms with van der Waals surface area (Å²) in [5, 5.41) is 102. The van der Waals surface area contributed by atoms with E-state index in [-0.39, 0.29) is 56.0 Å². The summed E-state index contributed by atoms with van der Waals surface area (Å²) in [6, 6.07) is -7.52. The number of hydrogen-bond donors (Lipinski definition) is 15. The Morgan fingerprint density at radius 3 is 2.00 bits per heavy atom. The van der Waals surface area contributed by atoms with Crippen molar-refractivity contribution in [1.29, 1.82) is 0 Å². The summed E-state index contributed by atoms with van der Waals surface area (Å²) >= 11 is 1.21. The van der Waals surface area contributed by atoms with Gasteiger partial charge in [0.15, 0.2) is 0 Å². The summed E-state index contributed by atoms with van der Waals surface area (Å²) in [6.45, 7) is 7.06. The largest absolute Gasteiger partial charge is 0.508 e. The summed E-state index contributed by atoms with van der Waals surface area (Å²) in [4.78, 5) is 102. The van der Waals surface area contributed by atoms with Crippen LogP contribution in [-0.4, -0.2) is 209 Å². The standard InChI is InChI=1S/C53H89N9O15S/c1-5-29(2)24-30(3)12-10-8-6-7-9-11-13-41(69)56-35-26-40(68)36(28-78-23-21-55)57-51(75)45-39(67)19-22-61(45)53(77)43(38(66)18-20-54)59-50(74)44(47(71)46(70)32-14-16-33(64)17-15-32)60-49(73)37-25-34(65)27-62(37)52(76)42(31(4)63)58-48(35)72/h14-17,29-31,34-40,42-47,63-68,70-71H,5-13,18-28,54-55H2,1-4H3,(H,56,69)(H,57,75)(H,58,72)(H,59,74)(H,60,73). The van der Waals surface area contributed by atoms with Gasteiger partial charge in [0.2, 0.25) is 41.4 Å². The highest BCUT2D eigenvalue weighted by Crippen LogP contribution is 2.27. The Labute approximate surface area is 461 Å². The van der Waals surface area contributed by atoms with Gasteiger partial charge in [0.05, 0.1) is 36.6 Å². The van der Waals surface area contributed by atoms with Crippen LogP contribution in [0.2, 0.25) is 0 Å². The minimum absolute atomic E-state index is 0.0109. The zero-order valence-corrected chi connectivity index (χ0v) is 46.4. The number of aliphatic hydroxyl groups excluding tert-OH is 7. The Kier molecular flexibility index (Phi) is 27.4. The fourth-order valence-electron chi connectivity index (χ4n) is 10.3. The number of carbonyl (C=O) groups is 7. The molecular formula is C53H89N9O15S. The highest BCUT2D eigenvalue weighted by atomic mass is 32.2. The molecule has 0 aliphatic carbocycles. The molecule has 3 saturated heterocycles. The zero-order valence-electron chi connectivity index (χ0n) is 45.6. The van der Waals surface area contributed by atoms with Crippen molar-refractivity contribution < 1.29 is 74.4 Å². The number of nitrogens with two attached hydrogens (primary N) is 2. The van der Waals surface area contributed by atoms with Crippen LogP contribution in [0, 0.1) is 11.8 Å². The number of thioether (sulfide) groups is 1. The van der Waals surface area contributed by atoms with Gasteiger partial charge in [-0.3, -0.25) is 33.6 Å². The van der Waals surface area contributed by atoms with E-state index in [4.69, 9.17) is 11.5 Å². The highest BCUT2D eigenvalue weighted by molar-refractivity contribution is 7.99. The van der Waals surface area contributed by atoms with Crippen molar-refractivity contribution >= 4 is 53.1 Å². The van der Waals surface area contributed by atoms with Crippen molar-refractivity contribution in [3.8, 4) is 5.75 Å². The van der Waals surface area contributed by atoms with Gasteiger partial charge >= 0.3 is 0 Å². The first-order chi connectivity index (χ1) is 37.0. The minimum Gasteiger partial charge on any atom is -0.508 e. The number of unbranched alkanes of at least 4 members (excludes halogenated alkanes) is 5. The van der Waals surface area contributed by atoms with Gasteiger partial charge < -0.3 is 88.7 Å². The Morgan fingerprint density at radius 2 is 1.36 bits per heavy atom.